The van der Waals surface area contributed by atoms with Gasteiger partial charge < -0.3 is 14.5 Å². The van der Waals surface area contributed by atoms with Gasteiger partial charge in [0.15, 0.2) is 0 Å². The second kappa shape index (κ2) is 9.27. The van der Waals surface area contributed by atoms with E-state index >= 15 is 0 Å². The second-order valence-corrected chi connectivity index (χ2v) is 7.97. The van der Waals surface area contributed by atoms with Crippen LogP contribution >= 0.6 is 0 Å². The number of anilines is 2. The molecule has 3 heteroatoms. The predicted molar refractivity (Wildman–Crippen MR) is 116 cm³/mol. The first kappa shape index (κ1) is 19.8. The van der Waals surface area contributed by atoms with Gasteiger partial charge in [0.05, 0.1) is 13.2 Å². The quantitative estimate of drug-likeness (QED) is 0.706. The van der Waals surface area contributed by atoms with E-state index < -0.39 is 0 Å². The van der Waals surface area contributed by atoms with Crippen molar-refractivity contribution >= 4 is 11.4 Å². The van der Waals surface area contributed by atoms with E-state index in [1.807, 2.05) is 0 Å². The Bertz CT molecular complexity index is 718. The minimum absolute atomic E-state index is 0.667. The largest absolute Gasteiger partial charge is 0.378 e. The molecule has 2 aromatic rings. The summed E-state index contributed by atoms with van der Waals surface area (Å²) >= 11 is 0. The van der Waals surface area contributed by atoms with Crippen LogP contribution in [0.1, 0.15) is 30.0 Å². The van der Waals surface area contributed by atoms with Gasteiger partial charge in [-0.05, 0) is 48.9 Å². The zero-order valence-corrected chi connectivity index (χ0v) is 17.4. The Hall–Kier alpha value is -2.00. The highest BCUT2D eigenvalue weighted by molar-refractivity contribution is 5.63. The molecule has 1 atom stereocenters. The van der Waals surface area contributed by atoms with Crippen molar-refractivity contribution in [3.8, 4) is 0 Å². The smallest absolute Gasteiger partial charge is 0.0642 e. The van der Waals surface area contributed by atoms with Crippen LogP contribution in [-0.4, -0.2) is 40.4 Å². The third-order valence-corrected chi connectivity index (χ3v) is 5.66. The van der Waals surface area contributed by atoms with Crippen LogP contribution in [0.25, 0.3) is 0 Å². The number of morpholine rings is 1. The molecule has 0 spiro atoms. The number of ether oxygens (including phenoxy) is 1. The standard InChI is InChI=1S/C24H34N2O/c1-5-20(16-21-8-6-19(2)7-9-21)17-22-10-11-23(18-24(22)25(3)4)26-12-14-27-15-13-26/h6-11,18,20H,5,12-17H2,1-4H3. The highest BCUT2D eigenvalue weighted by Crippen LogP contribution is 2.30. The molecule has 146 valence electrons. The molecular formula is C24H34N2O. The van der Waals surface area contributed by atoms with Crippen molar-refractivity contribution in [3.05, 3.63) is 59.2 Å². The summed E-state index contributed by atoms with van der Waals surface area (Å²) < 4.78 is 5.50. The Kier molecular flexibility index (Phi) is 6.78. The van der Waals surface area contributed by atoms with Crippen LogP contribution in [0.5, 0.6) is 0 Å². The zero-order valence-electron chi connectivity index (χ0n) is 17.4. The minimum atomic E-state index is 0.667. The van der Waals surface area contributed by atoms with Gasteiger partial charge in [0, 0.05) is 38.6 Å². The molecule has 3 rings (SSSR count). The van der Waals surface area contributed by atoms with Crippen LogP contribution < -0.4 is 9.80 Å². The Labute approximate surface area is 164 Å². The van der Waals surface area contributed by atoms with Crippen molar-refractivity contribution in [1.82, 2.24) is 0 Å². The number of aryl methyl sites for hydroxylation is 1. The molecule has 1 heterocycles. The van der Waals surface area contributed by atoms with Crippen molar-refractivity contribution in [2.75, 3.05) is 50.2 Å². The number of benzene rings is 2. The second-order valence-electron chi connectivity index (χ2n) is 7.97. The van der Waals surface area contributed by atoms with E-state index in [-0.39, 0.29) is 0 Å². The normalized spacial score (nSPS) is 15.6. The van der Waals surface area contributed by atoms with Crippen molar-refractivity contribution < 1.29 is 4.74 Å². The molecule has 1 saturated heterocycles. The van der Waals surface area contributed by atoms with Crippen LogP contribution in [-0.2, 0) is 17.6 Å². The molecule has 1 fully saturated rings. The highest BCUT2D eigenvalue weighted by Gasteiger charge is 2.16. The third-order valence-electron chi connectivity index (χ3n) is 5.66. The van der Waals surface area contributed by atoms with Crippen molar-refractivity contribution in [1.29, 1.82) is 0 Å². The Morgan fingerprint density at radius 1 is 1.00 bits per heavy atom. The van der Waals surface area contributed by atoms with Crippen LogP contribution in [0.15, 0.2) is 42.5 Å². The van der Waals surface area contributed by atoms with Crippen molar-refractivity contribution in [2.45, 2.75) is 33.1 Å². The summed E-state index contributed by atoms with van der Waals surface area (Å²) in [5, 5.41) is 0. The van der Waals surface area contributed by atoms with Crippen molar-refractivity contribution in [3.63, 3.8) is 0 Å². The predicted octanol–water partition coefficient (Wildman–Crippen LogP) is 4.71. The average Bonchev–Trinajstić information content (AvgIpc) is 2.69. The van der Waals surface area contributed by atoms with Gasteiger partial charge in [-0.15, -0.1) is 0 Å². The maximum atomic E-state index is 5.50. The van der Waals surface area contributed by atoms with Crippen molar-refractivity contribution in [2.24, 2.45) is 5.92 Å². The molecule has 0 saturated carbocycles. The maximum Gasteiger partial charge on any atom is 0.0642 e. The van der Waals surface area contributed by atoms with E-state index in [1.165, 1.54) is 34.5 Å². The van der Waals surface area contributed by atoms with Gasteiger partial charge in [-0.25, -0.2) is 0 Å². The molecule has 0 N–H and O–H groups in total. The molecule has 0 bridgehead atoms. The number of hydrogen-bond donors (Lipinski definition) is 0. The van der Waals surface area contributed by atoms with Gasteiger partial charge >= 0.3 is 0 Å². The van der Waals surface area contributed by atoms with Gasteiger partial charge in [0.1, 0.15) is 0 Å². The molecule has 0 radical (unpaired) electrons. The van der Waals surface area contributed by atoms with E-state index in [0.717, 1.165) is 39.1 Å². The Balaban J connectivity index is 1.76. The summed E-state index contributed by atoms with van der Waals surface area (Å²) in [4.78, 5) is 4.70. The van der Waals surface area contributed by atoms with E-state index in [4.69, 9.17) is 4.74 Å². The first-order valence-electron chi connectivity index (χ1n) is 10.2. The SMILES string of the molecule is CCC(Cc1ccc(C)cc1)Cc1ccc(N2CCOCC2)cc1N(C)C. The number of nitrogens with zero attached hydrogens (tertiary/aromatic N) is 2. The maximum absolute atomic E-state index is 5.50. The lowest BCUT2D eigenvalue weighted by molar-refractivity contribution is 0.122. The lowest BCUT2D eigenvalue weighted by atomic mass is 9.89. The van der Waals surface area contributed by atoms with Gasteiger partial charge in [0.2, 0.25) is 0 Å². The van der Waals surface area contributed by atoms with E-state index in [2.05, 4.69) is 80.2 Å². The Morgan fingerprint density at radius 2 is 1.70 bits per heavy atom. The van der Waals surface area contributed by atoms with Gasteiger partial charge in [0.25, 0.3) is 0 Å². The molecule has 0 aliphatic carbocycles. The molecule has 0 aromatic heterocycles. The summed E-state index contributed by atoms with van der Waals surface area (Å²) in [5.41, 5.74) is 6.90. The first-order valence-corrected chi connectivity index (χ1v) is 10.2. The van der Waals surface area contributed by atoms with E-state index in [9.17, 15) is 0 Å². The molecule has 2 aromatic carbocycles. The monoisotopic (exact) mass is 366 g/mol. The first-order chi connectivity index (χ1) is 13.1. The third kappa shape index (κ3) is 5.26. The van der Waals surface area contributed by atoms with Crippen LogP contribution in [0.4, 0.5) is 11.4 Å². The molecule has 3 nitrogen and oxygen atoms in total. The fourth-order valence-corrected chi connectivity index (χ4v) is 3.89. The highest BCUT2D eigenvalue weighted by atomic mass is 16.5. The molecule has 1 aliphatic heterocycles. The van der Waals surface area contributed by atoms with Gasteiger partial charge in [-0.1, -0.05) is 49.2 Å². The molecule has 0 amide bonds. The number of rotatable bonds is 7. The summed E-state index contributed by atoms with van der Waals surface area (Å²) in [5.74, 6) is 0.667. The molecular weight excluding hydrogens is 332 g/mol. The van der Waals surface area contributed by atoms with Gasteiger partial charge in [-0.2, -0.15) is 0 Å². The fraction of sp³-hybridized carbons (Fsp3) is 0.500. The summed E-state index contributed by atoms with van der Waals surface area (Å²) in [6.45, 7) is 8.09. The van der Waals surface area contributed by atoms with Crippen LogP contribution in [0.2, 0.25) is 0 Å². The average molecular weight is 367 g/mol. The minimum Gasteiger partial charge on any atom is -0.378 e. The zero-order chi connectivity index (χ0) is 19.2. The summed E-state index contributed by atoms with van der Waals surface area (Å²) in [6.07, 6.45) is 3.47. The molecule has 27 heavy (non-hydrogen) atoms. The summed E-state index contributed by atoms with van der Waals surface area (Å²) in [7, 11) is 4.31. The van der Waals surface area contributed by atoms with Crippen LogP contribution in [0, 0.1) is 12.8 Å². The molecule has 1 aliphatic rings. The lowest BCUT2D eigenvalue weighted by Crippen LogP contribution is -2.36. The Morgan fingerprint density at radius 3 is 2.33 bits per heavy atom. The number of hydrogen-bond acceptors (Lipinski definition) is 3. The lowest BCUT2D eigenvalue weighted by Gasteiger charge is -2.30. The topological polar surface area (TPSA) is 15.7 Å². The fourth-order valence-electron chi connectivity index (χ4n) is 3.89. The van der Waals surface area contributed by atoms with E-state index in [1.54, 1.807) is 0 Å². The van der Waals surface area contributed by atoms with Gasteiger partial charge in [-0.3, -0.25) is 0 Å². The van der Waals surface area contributed by atoms with Crippen LogP contribution in [0.3, 0.4) is 0 Å². The summed E-state index contributed by atoms with van der Waals surface area (Å²) in [6, 6.07) is 16.0. The molecule has 1 unspecified atom stereocenters. The van der Waals surface area contributed by atoms with E-state index in [0.29, 0.717) is 5.92 Å².